The van der Waals surface area contributed by atoms with Gasteiger partial charge in [0.1, 0.15) is 0 Å². The van der Waals surface area contributed by atoms with Gasteiger partial charge in [-0.15, -0.1) is 0 Å². The fourth-order valence-corrected chi connectivity index (χ4v) is 1.34. The molecule has 0 bridgehead atoms. The molecule has 0 aromatic rings. The summed E-state index contributed by atoms with van der Waals surface area (Å²) in [4.78, 5) is 0. The quantitative estimate of drug-likeness (QED) is 0.628. The van der Waals surface area contributed by atoms with Gasteiger partial charge in [0, 0.05) is 7.11 Å². The predicted octanol–water partition coefficient (Wildman–Crippen LogP) is 1.02. The molecule has 0 saturated heterocycles. The Labute approximate surface area is 81.5 Å². The van der Waals surface area contributed by atoms with Crippen molar-refractivity contribution in [2.45, 2.75) is 32.7 Å². The van der Waals surface area contributed by atoms with Crippen molar-refractivity contribution in [3.05, 3.63) is 0 Å². The second kappa shape index (κ2) is 6.35. The first kappa shape index (κ1) is 12.9. The molecule has 0 radical (unpaired) electrons. The Morgan fingerprint density at radius 2 is 2.08 bits per heavy atom. The Morgan fingerprint density at radius 1 is 1.46 bits per heavy atom. The molecular weight excluding hydrogens is 166 g/mol. The maximum atomic E-state index is 9.36. The molecule has 0 amide bonds. The van der Waals surface area contributed by atoms with Crippen molar-refractivity contribution in [3.8, 4) is 0 Å². The van der Waals surface area contributed by atoms with E-state index < -0.39 is 0 Å². The lowest BCUT2D eigenvalue weighted by atomic mass is 9.88. The molecule has 13 heavy (non-hydrogen) atoms. The second-order valence-corrected chi connectivity index (χ2v) is 3.83. The van der Waals surface area contributed by atoms with Gasteiger partial charge in [-0.1, -0.05) is 20.8 Å². The van der Waals surface area contributed by atoms with Crippen molar-refractivity contribution >= 4 is 0 Å². The van der Waals surface area contributed by atoms with Gasteiger partial charge in [0.25, 0.3) is 0 Å². The van der Waals surface area contributed by atoms with E-state index in [1.807, 2.05) is 0 Å². The fourth-order valence-electron chi connectivity index (χ4n) is 1.34. The van der Waals surface area contributed by atoms with Crippen molar-refractivity contribution in [2.75, 3.05) is 26.9 Å². The first-order valence-corrected chi connectivity index (χ1v) is 4.97. The number of aliphatic hydroxyl groups excluding tert-OH is 1. The average Bonchev–Trinajstić information content (AvgIpc) is 2.12. The van der Waals surface area contributed by atoms with E-state index >= 15 is 0 Å². The van der Waals surface area contributed by atoms with Crippen molar-refractivity contribution < 1.29 is 9.84 Å². The summed E-state index contributed by atoms with van der Waals surface area (Å²) in [5.41, 5.74) is -0.273. The lowest BCUT2D eigenvalue weighted by Crippen LogP contribution is -2.56. The Bertz CT molecular complexity index is 128. The third kappa shape index (κ3) is 3.63. The van der Waals surface area contributed by atoms with E-state index in [2.05, 4.69) is 26.1 Å². The minimum Gasteiger partial charge on any atom is -0.394 e. The third-order valence-electron chi connectivity index (χ3n) is 2.52. The zero-order valence-corrected chi connectivity index (χ0v) is 9.26. The fraction of sp³-hybridized carbons (Fsp3) is 1.00. The van der Waals surface area contributed by atoms with E-state index in [4.69, 9.17) is 4.74 Å². The second-order valence-electron chi connectivity index (χ2n) is 3.83. The molecule has 0 saturated carbocycles. The summed E-state index contributed by atoms with van der Waals surface area (Å²) in [5, 5.41) is 12.7. The van der Waals surface area contributed by atoms with Crippen LogP contribution < -0.4 is 5.32 Å². The molecule has 3 heteroatoms. The van der Waals surface area contributed by atoms with Gasteiger partial charge in [0.15, 0.2) is 0 Å². The highest BCUT2D eigenvalue weighted by molar-refractivity contribution is 4.90. The maximum absolute atomic E-state index is 9.36. The van der Waals surface area contributed by atoms with E-state index in [0.717, 1.165) is 13.0 Å². The van der Waals surface area contributed by atoms with Gasteiger partial charge in [-0.25, -0.2) is 0 Å². The summed E-state index contributed by atoms with van der Waals surface area (Å²) < 4.78 is 5.13. The molecule has 0 aromatic heterocycles. The molecule has 0 heterocycles. The molecule has 0 aliphatic heterocycles. The van der Waals surface area contributed by atoms with Crippen LogP contribution in [0, 0.1) is 5.92 Å². The number of aliphatic hydroxyl groups is 1. The van der Waals surface area contributed by atoms with Gasteiger partial charge in [-0.2, -0.15) is 0 Å². The van der Waals surface area contributed by atoms with Gasteiger partial charge < -0.3 is 15.2 Å². The molecule has 0 aliphatic carbocycles. The highest BCUT2D eigenvalue weighted by Crippen LogP contribution is 2.16. The summed E-state index contributed by atoms with van der Waals surface area (Å²) in [6, 6.07) is 0. The summed E-state index contributed by atoms with van der Waals surface area (Å²) in [6.07, 6.45) is 1.07. The monoisotopic (exact) mass is 189 g/mol. The first-order valence-electron chi connectivity index (χ1n) is 4.97. The summed E-state index contributed by atoms with van der Waals surface area (Å²) in [7, 11) is 1.67. The highest BCUT2D eigenvalue weighted by atomic mass is 16.5. The highest BCUT2D eigenvalue weighted by Gasteiger charge is 2.32. The SMILES string of the molecule is CCCNC(CO)(COC)C(C)C. The largest absolute Gasteiger partial charge is 0.394 e. The zero-order chi connectivity index (χ0) is 10.3. The molecule has 0 aliphatic rings. The van der Waals surface area contributed by atoms with Crippen molar-refractivity contribution in [2.24, 2.45) is 5.92 Å². The molecule has 3 nitrogen and oxygen atoms in total. The predicted molar refractivity (Wildman–Crippen MR) is 54.8 cm³/mol. The molecule has 0 aromatic carbocycles. The van der Waals surface area contributed by atoms with Crippen molar-refractivity contribution in [3.63, 3.8) is 0 Å². The standard InChI is InChI=1S/C10H23NO2/c1-5-6-11-10(7-12,8-13-4)9(2)3/h9,11-12H,5-8H2,1-4H3. The lowest BCUT2D eigenvalue weighted by molar-refractivity contribution is 0.0334. The van der Waals surface area contributed by atoms with Crippen LogP contribution in [0.2, 0.25) is 0 Å². The van der Waals surface area contributed by atoms with E-state index in [-0.39, 0.29) is 12.1 Å². The van der Waals surface area contributed by atoms with Crippen LogP contribution in [0.4, 0.5) is 0 Å². The van der Waals surface area contributed by atoms with Gasteiger partial charge in [-0.3, -0.25) is 0 Å². The van der Waals surface area contributed by atoms with Crippen LogP contribution in [0.25, 0.3) is 0 Å². The Balaban J connectivity index is 4.26. The molecular formula is C10H23NO2. The van der Waals surface area contributed by atoms with Crippen LogP contribution in [0.3, 0.4) is 0 Å². The van der Waals surface area contributed by atoms with Crippen molar-refractivity contribution in [1.29, 1.82) is 0 Å². The third-order valence-corrected chi connectivity index (χ3v) is 2.52. The molecule has 0 spiro atoms. The smallest absolute Gasteiger partial charge is 0.0673 e. The molecule has 0 fully saturated rings. The van der Waals surface area contributed by atoms with E-state index in [1.54, 1.807) is 7.11 Å². The number of ether oxygens (including phenoxy) is 1. The number of methoxy groups -OCH3 is 1. The van der Waals surface area contributed by atoms with Crippen LogP contribution in [0.1, 0.15) is 27.2 Å². The Hall–Kier alpha value is -0.120. The molecule has 0 rings (SSSR count). The summed E-state index contributed by atoms with van der Waals surface area (Å²) in [6.45, 7) is 7.90. The molecule has 1 unspecified atom stereocenters. The van der Waals surface area contributed by atoms with Crippen LogP contribution in [-0.4, -0.2) is 37.5 Å². The van der Waals surface area contributed by atoms with E-state index in [1.165, 1.54) is 0 Å². The zero-order valence-electron chi connectivity index (χ0n) is 9.26. The topological polar surface area (TPSA) is 41.5 Å². The van der Waals surface area contributed by atoms with Crippen LogP contribution in [0.5, 0.6) is 0 Å². The maximum Gasteiger partial charge on any atom is 0.0673 e. The van der Waals surface area contributed by atoms with Gasteiger partial charge in [0.05, 0.1) is 18.8 Å². The summed E-state index contributed by atoms with van der Waals surface area (Å²) in [5.74, 6) is 0.365. The first-order chi connectivity index (χ1) is 6.13. The van der Waals surface area contributed by atoms with Crippen LogP contribution in [0.15, 0.2) is 0 Å². The number of hydrogen-bond acceptors (Lipinski definition) is 3. The molecule has 1 atom stereocenters. The van der Waals surface area contributed by atoms with Gasteiger partial charge in [0.2, 0.25) is 0 Å². The van der Waals surface area contributed by atoms with Gasteiger partial charge in [-0.05, 0) is 18.9 Å². The van der Waals surface area contributed by atoms with Crippen LogP contribution >= 0.6 is 0 Å². The number of nitrogens with one attached hydrogen (secondary N) is 1. The minimum absolute atomic E-state index is 0.124. The minimum atomic E-state index is -0.273. The normalized spacial score (nSPS) is 16.2. The van der Waals surface area contributed by atoms with E-state index in [9.17, 15) is 5.11 Å². The number of rotatable bonds is 7. The van der Waals surface area contributed by atoms with E-state index in [0.29, 0.717) is 12.5 Å². The Morgan fingerprint density at radius 3 is 2.38 bits per heavy atom. The average molecular weight is 189 g/mol. The molecule has 80 valence electrons. The van der Waals surface area contributed by atoms with Crippen molar-refractivity contribution in [1.82, 2.24) is 5.32 Å². The Kier molecular flexibility index (Phi) is 6.29. The number of hydrogen-bond donors (Lipinski definition) is 2. The lowest BCUT2D eigenvalue weighted by Gasteiger charge is -2.36. The summed E-state index contributed by atoms with van der Waals surface area (Å²) >= 11 is 0. The van der Waals surface area contributed by atoms with Gasteiger partial charge >= 0.3 is 0 Å². The van der Waals surface area contributed by atoms with Crippen LogP contribution in [-0.2, 0) is 4.74 Å². The molecule has 2 N–H and O–H groups in total.